The van der Waals surface area contributed by atoms with E-state index in [-0.39, 0.29) is 11.6 Å². The Morgan fingerprint density at radius 1 is 1.26 bits per heavy atom. The van der Waals surface area contributed by atoms with E-state index in [0.717, 1.165) is 5.56 Å². The van der Waals surface area contributed by atoms with Gasteiger partial charge in [-0.15, -0.1) is 0 Å². The second kappa shape index (κ2) is 6.51. The first-order valence-corrected chi connectivity index (χ1v) is 8.44. The highest BCUT2D eigenvalue weighted by atomic mass is 35.5. The number of anilines is 1. The van der Waals surface area contributed by atoms with Gasteiger partial charge >= 0.3 is 5.63 Å². The Kier molecular flexibility index (Phi) is 4.16. The Labute approximate surface area is 157 Å². The maximum absolute atomic E-state index is 13.2. The van der Waals surface area contributed by atoms with E-state index in [1.54, 1.807) is 6.07 Å². The number of carbonyl (C=O) groups excluding carboxylic acids is 1. The average Bonchev–Trinajstić information content (AvgIpc) is 3.03. The smallest absolute Gasteiger partial charge is 0.347 e. The van der Waals surface area contributed by atoms with Gasteiger partial charge in [-0.2, -0.15) is 5.10 Å². The van der Waals surface area contributed by atoms with Crippen LogP contribution in [0, 0.1) is 12.7 Å². The van der Waals surface area contributed by atoms with Crippen molar-refractivity contribution in [3.05, 3.63) is 69.4 Å². The highest BCUT2D eigenvalue weighted by Gasteiger charge is 2.15. The lowest BCUT2D eigenvalue weighted by Crippen LogP contribution is -2.19. The van der Waals surface area contributed by atoms with Crippen molar-refractivity contribution in [3.63, 3.8) is 0 Å². The van der Waals surface area contributed by atoms with Gasteiger partial charge in [-0.3, -0.25) is 9.48 Å². The van der Waals surface area contributed by atoms with E-state index in [1.807, 2.05) is 19.1 Å². The number of hydrogen-bond donors (Lipinski definition) is 1. The molecular formula is C19H13ClFN3O3. The number of aryl methyl sites for hydroxylation is 1. The number of nitrogens with zero attached hydrogens (tertiary/aromatic N) is 2. The van der Waals surface area contributed by atoms with Gasteiger partial charge in [0.25, 0.3) is 0 Å². The van der Waals surface area contributed by atoms with E-state index in [2.05, 4.69) is 10.4 Å². The van der Waals surface area contributed by atoms with Gasteiger partial charge in [0.2, 0.25) is 5.91 Å². The van der Waals surface area contributed by atoms with Crippen molar-refractivity contribution in [1.29, 1.82) is 0 Å². The first-order valence-electron chi connectivity index (χ1n) is 8.06. The van der Waals surface area contributed by atoms with E-state index < -0.39 is 17.3 Å². The maximum Gasteiger partial charge on any atom is 0.347 e. The van der Waals surface area contributed by atoms with Gasteiger partial charge < -0.3 is 9.73 Å². The summed E-state index contributed by atoms with van der Waals surface area (Å²) in [5, 5.41) is 7.70. The molecule has 0 aliphatic heterocycles. The zero-order chi connectivity index (χ0) is 19.1. The Morgan fingerprint density at radius 3 is 2.85 bits per heavy atom. The Balaban J connectivity index is 1.72. The largest absolute Gasteiger partial charge is 0.422 e. The summed E-state index contributed by atoms with van der Waals surface area (Å²) in [4.78, 5) is 24.6. The third-order valence-corrected chi connectivity index (χ3v) is 4.44. The number of benzene rings is 2. The zero-order valence-corrected chi connectivity index (χ0v) is 14.9. The maximum atomic E-state index is 13.2. The van der Waals surface area contributed by atoms with E-state index >= 15 is 0 Å². The van der Waals surface area contributed by atoms with Crippen LogP contribution in [-0.2, 0) is 11.3 Å². The SMILES string of the molecule is Cc1ccc2oc(=O)c3cnn(CC(=O)Nc4ccc(F)c(Cl)c4)c3c2c1. The van der Waals surface area contributed by atoms with Gasteiger partial charge in [-0.25, -0.2) is 9.18 Å². The van der Waals surface area contributed by atoms with Gasteiger partial charge in [-0.1, -0.05) is 23.2 Å². The van der Waals surface area contributed by atoms with Crippen LogP contribution in [0.3, 0.4) is 0 Å². The van der Waals surface area contributed by atoms with E-state index in [0.29, 0.717) is 27.6 Å². The number of fused-ring (bicyclic) bond motifs is 3. The molecule has 0 fully saturated rings. The molecule has 6 nitrogen and oxygen atoms in total. The molecule has 0 aliphatic carbocycles. The molecule has 0 spiro atoms. The summed E-state index contributed by atoms with van der Waals surface area (Å²) in [5.41, 5.74) is 1.78. The quantitative estimate of drug-likeness (QED) is 0.543. The molecular weight excluding hydrogens is 373 g/mol. The summed E-state index contributed by atoms with van der Waals surface area (Å²) in [6, 6.07) is 9.32. The molecule has 0 unspecified atom stereocenters. The Morgan fingerprint density at radius 2 is 2.07 bits per heavy atom. The summed E-state index contributed by atoms with van der Waals surface area (Å²) in [7, 11) is 0. The molecule has 2 aromatic carbocycles. The third-order valence-electron chi connectivity index (χ3n) is 4.15. The fraction of sp³-hybridized carbons (Fsp3) is 0.105. The summed E-state index contributed by atoms with van der Waals surface area (Å²) in [5.74, 6) is -0.960. The van der Waals surface area contributed by atoms with Crippen LogP contribution in [0.2, 0.25) is 5.02 Å². The molecule has 4 aromatic rings. The molecule has 0 saturated carbocycles. The fourth-order valence-electron chi connectivity index (χ4n) is 2.92. The summed E-state index contributed by atoms with van der Waals surface area (Å²) >= 11 is 5.73. The monoisotopic (exact) mass is 385 g/mol. The fourth-order valence-corrected chi connectivity index (χ4v) is 3.10. The Bertz CT molecular complexity index is 1260. The van der Waals surface area contributed by atoms with Crippen molar-refractivity contribution in [2.75, 3.05) is 5.32 Å². The molecule has 136 valence electrons. The second-order valence-corrected chi connectivity index (χ2v) is 6.54. The number of hydrogen-bond acceptors (Lipinski definition) is 4. The van der Waals surface area contributed by atoms with Gasteiger partial charge in [0.05, 0.1) is 16.7 Å². The average molecular weight is 386 g/mol. The van der Waals surface area contributed by atoms with Gasteiger partial charge in [0.15, 0.2) is 0 Å². The number of amides is 1. The standard InChI is InChI=1S/C19H13ClFN3O3/c1-10-2-5-16-12(6-10)18-13(19(26)27-16)8-22-24(18)9-17(25)23-11-3-4-15(21)14(20)7-11/h2-8H,9H2,1H3,(H,23,25). The molecule has 0 saturated heterocycles. The number of aromatic nitrogens is 2. The zero-order valence-electron chi connectivity index (χ0n) is 14.1. The highest BCUT2D eigenvalue weighted by molar-refractivity contribution is 6.31. The van der Waals surface area contributed by atoms with Crippen LogP contribution in [0.1, 0.15) is 5.56 Å². The third kappa shape index (κ3) is 3.17. The highest BCUT2D eigenvalue weighted by Crippen LogP contribution is 2.24. The van der Waals surface area contributed by atoms with E-state index in [1.165, 1.54) is 29.1 Å². The molecule has 0 radical (unpaired) electrons. The van der Waals surface area contributed by atoms with Crippen molar-refractivity contribution < 1.29 is 13.6 Å². The van der Waals surface area contributed by atoms with Crippen LogP contribution in [-0.4, -0.2) is 15.7 Å². The lowest BCUT2D eigenvalue weighted by atomic mass is 10.1. The van der Waals surface area contributed by atoms with Crippen LogP contribution in [0.25, 0.3) is 21.9 Å². The number of rotatable bonds is 3. The second-order valence-electron chi connectivity index (χ2n) is 6.13. The molecule has 2 aromatic heterocycles. The topological polar surface area (TPSA) is 77.1 Å². The summed E-state index contributed by atoms with van der Waals surface area (Å²) in [6.45, 7) is 1.78. The van der Waals surface area contributed by atoms with Crippen molar-refractivity contribution in [1.82, 2.24) is 9.78 Å². The van der Waals surface area contributed by atoms with Crippen molar-refractivity contribution in [2.24, 2.45) is 0 Å². The number of nitrogens with one attached hydrogen (secondary N) is 1. The Hall–Kier alpha value is -3.19. The van der Waals surface area contributed by atoms with Crippen molar-refractivity contribution >= 4 is 45.1 Å². The van der Waals surface area contributed by atoms with Crippen LogP contribution in [0.4, 0.5) is 10.1 Å². The van der Waals surface area contributed by atoms with E-state index in [9.17, 15) is 14.0 Å². The van der Waals surface area contributed by atoms with E-state index in [4.69, 9.17) is 16.0 Å². The van der Waals surface area contributed by atoms with Gasteiger partial charge in [0, 0.05) is 11.1 Å². The lowest BCUT2D eigenvalue weighted by Gasteiger charge is -2.08. The minimum atomic E-state index is -0.568. The van der Waals surface area contributed by atoms with Gasteiger partial charge in [0.1, 0.15) is 23.3 Å². The van der Waals surface area contributed by atoms with Crippen LogP contribution >= 0.6 is 11.6 Å². The minimum absolute atomic E-state index is 0.0867. The lowest BCUT2D eigenvalue weighted by molar-refractivity contribution is -0.116. The molecule has 1 N–H and O–H groups in total. The normalized spacial score (nSPS) is 11.2. The van der Waals surface area contributed by atoms with Crippen LogP contribution in [0.15, 0.2) is 51.8 Å². The van der Waals surface area contributed by atoms with Crippen LogP contribution in [0.5, 0.6) is 0 Å². The molecule has 1 amide bonds. The van der Waals surface area contributed by atoms with Gasteiger partial charge in [-0.05, 0) is 37.3 Å². The molecule has 4 rings (SSSR count). The molecule has 2 heterocycles. The predicted octanol–water partition coefficient (Wildman–Crippen LogP) is 3.88. The summed E-state index contributed by atoms with van der Waals surface area (Å²) < 4.78 is 20.0. The predicted molar refractivity (Wildman–Crippen MR) is 101 cm³/mol. The van der Waals surface area contributed by atoms with Crippen molar-refractivity contribution in [2.45, 2.75) is 13.5 Å². The van der Waals surface area contributed by atoms with Crippen LogP contribution < -0.4 is 10.9 Å². The molecule has 0 bridgehead atoms. The van der Waals surface area contributed by atoms with Crippen molar-refractivity contribution in [3.8, 4) is 0 Å². The molecule has 0 atom stereocenters. The number of halogens is 2. The molecule has 27 heavy (non-hydrogen) atoms. The number of carbonyl (C=O) groups is 1. The first-order chi connectivity index (χ1) is 12.9. The molecule has 8 heteroatoms. The molecule has 0 aliphatic rings. The summed E-state index contributed by atoms with van der Waals surface area (Å²) in [6.07, 6.45) is 1.38. The first kappa shape index (κ1) is 17.2. The minimum Gasteiger partial charge on any atom is -0.422 e.